The summed E-state index contributed by atoms with van der Waals surface area (Å²) < 4.78 is 15.1. The van der Waals surface area contributed by atoms with Crippen LogP contribution in [0.15, 0.2) is 53.0 Å². The van der Waals surface area contributed by atoms with Crippen LogP contribution in [0.3, 0.4) is 0 Å². The van der Waals surface area contributed by atoms with Gasteiger partial charge in [-0.1, -0.05) is 23.9 Å². The van der Waals surface area contributed by atoms with Gasteiger partial charge in [0, 0.05) is 17.4 Å². The molecule has 146 valence electrons. The number of rotatable bonds is 5. The maximum absolute atomic E-state index is 12.3. The third kappa shape index (κ3) is 4.00. The molecule has 0 unspecified atom stereocenters. The first-order chi connectivity index (χ1) is 13.6. The highest BCUT2D eigenvalue weighted by molar-refractivity contribution is 7.98. The molecule has 0 saturated heterocycles. The predicted molar refractivity (Wildman–Crippen MR) is 104 cm³/mol. The van der Waals surface area contributed by atoms with Crippen molar-refractivity contribution in [1.29, 1.82) is 0 Å². The van der Waals surface area contributed by atoms with Gasteiger partial charge in [-0.25, -0.2) is 19.6 Å². The van der Waals surface area contributed by atoms with Crippen LogP contribution in [0, 0.1) is 0 Å². The molecule has 2 heterocycles. The molecule has 0 saturated carbocycles. The van der Waals surface area contributed by atoms with E-state index < -0.39 is 11.9 Å². The molecule has 1 aromatic carbocycles. The van der Waals surface area contributed by atoms with Crippen LogP contribution in [0.2, 0.25) is 0 Å². The van der Waals surface area contributed by atoms with Gasteiger partial charge < -0.3 is 19.1 Å². The standard InChI is InChI=1S/C19H19N3O5S/c1-25-17(23)14-10-27-11-22(16(14)18(24)26-2)13-6-4-12(5-7-13)15-8-9-20-19(21-15)28-3/h4-9H,10-11H2,1-3H3. The molecule has 0 atom stereocenters. The number of nitrogens with zero attached hydrogens (tertiary/aromatic N) is 3. The number of anilines is 1. The Morgan fingerprint density at radius 1 is 1.11 bits per heavy atom. The summed E-state index contributed by atoms with van der Waals surface area (Å²) in [6, 6.07) is 9.23. The van der Waals surface area contributed by atoms with Crippen LogP contribution in [0.4, 0.5) is 5.69 Å². The van der Waals surface area contributed by atoms with Crippen LogP contribution in [0.25, 0.3) is 11.3 Å². The van der Waals surface area contributed by atoms with Gasteiger partial charge in [-0.15, -0.1) is 0 Å². The number of methoxy groups -OCH3 is 2. The minimum absolute atomic E-state index is 0.0237. The number of carbonyl (C=O) groups is 2. The SMILES string of the molecule is COC(=O)C1=C(C(=O)OC)N(c2ccc(-c3ccnc(SC)n3)cc2)COC1. The third-order valence-corrected chi connectivity index (χ3v) is 4.69. The average Bonchev–Trinajstić information content (AvgIpc) is 2.77. The average molecular weight is 401 g/mol. The monoisotopic (exact) mass is 401 g/mol. The fraction of sp³-hybridized carbons (Fsp3) is 0.263. The lowest BCUT2D eigenvalue weighted by molar-refractivity contribution is -0.140. The first kappa shape index (κ1) is 19.8. The fourth-order valence-corrected chi connectivity index (χ4v) is 3.12. The van der Waals surface area contributed by atoms with E-state index >= 15 is 0 Å². The minimum Gasteiger partial charge on any atom is -0.466 e. The van der Waals surface area contributed by atoms with Crippen molar-refractivity contribution in [3.8, 4) is 11.3 Å². The highest BCUT2D eigenvalue weighted by Crippen LogP contribution is 2.29. The molecule has 3 rings (SSSR count). The predicted octanol–water partition coefficient (Wildman–Crippen LogP) is 2.26. The van der Waals surface area contributed by atoms with E-state index in [1.54, 1.807) is 11.1 Å². The van der Waals surface area contributed by atoms with E-state index in [9.17, 15) is 9.59 Å². The lowest BCUT2D eigenvalue weighted by atomic mass is 10.1. The van der Waals surface area contributed by atoms with E-state index in [0.29, 0.717) is 10.8 Å². The molecule has 0 spiro atoms. The second kappa shape index (κ2) is 8.85. The van der Waals surface area contributed by atoms with E-state index in [4.69, 9.17) is 14.2 Å². The zero-order chi connectivity index (χ0) is 20.1. The lowest BCUT2D eigenvalue weighted by Crippen LogP contribution is -2.38. The van der Waals surface area contributed by atoms with Crippen molar-refractivity contribution >= 4 is 29.4 Å². The van der Waals surface area contributed by atoms with Crippen LogP contribution < -0.4 is 4.90 Å². The van der Waals surface area contributed by atoms with Crippen molar-refractivity contribution in [3.63, 3.8) is 0 Å². The topological polar surface area (TPSA) is 90.9 Å². The molecule has 0 aliphatic carbocycles. The van der Waals surface area contributed by atoms with E-state index in [2.05, 4.69) is 9.97 Å². The number of hydrogen-bond donors (Lipinski definition) is 0. The summed E-state index contributed by atoms with van der Waals surface area (Å²) in [6.45, 7) is 0.0818. The molecule has 1 aliphatic heterocycles. The fourth-order valence-electron chi connectivity index (χ4n) is 2.76. The van der Waals surface area contributed by atoms with E-state index in [1.165, 1.54) is 26.0 Å². The van der Waals surface area contributed by atoms with Crippen LogP contribution in [0.1, 0.15) is 0 Å². The maximum Gasteiger partial charge on any atom is 0.355 e. The van der Waals surface area contributed by atoms with Gasteiger partial charge in [-0.2, -0.15) is 0 Å². The second-order valence-corrected chi connectivity index (χ2v) is 6.46. The highest BCUT2D eigenvalue weighted by Gasteiger charge is 2.32. The number of hydrogen-bond acceptors (Lipinski definition) is 9. The smallest absolute Gasteiger partial charge is 0.355 e. The van der Waals surface area contributed by atoms with Crippen LogP contribution in [-0.2, 0) is 23.8 Å². The number of carbonyl (C=O) groups excluding carboxylic acids is 2. The summed E-state index contributed by atoms with van der Waals surface area (Å²) in [5.41, 5.74) is 2.59. The number of aromatic nitrogens is 2. The zero-order valence-corrected chi connectivity index (χ0v) is 16.5. The van der Waals surface area contributed by atoms with E-state index in [0.717, 1.165) is 11.3 Å². The maximum atomic E-state index is 12.3. The molecule has 2 aromatic rings. The highest BCUT2D eigenvalue weighted by atomic mass is 32.2. The van der Waals surface area contributed by atoms with Crippen LogP contribution in [0.5, 0.6) is 0 Å². The van der Waals surface area contributed by atoms with Crippen molar-refractivity contribution < 1.29 is 23.8 Å². The Labute approximate surface area is 166 Å². The first-order valence-corrected chi connectivity index (χ1v) is 9.54. The van der Waals surface area contributed by atoms with Gasteiger partial charge in [0.15, 0.2) is 5.16 Å². The van der Waals surface area contributed by atoms with Gasteiger partial charge >= 0.3 is 11.9 Å². The Morgan fingerprint density at radius 2 is 1.82 bits per heavy atom. The van der Waals surface area contributed by atoms with Crippen molar-refractivity contribution in [1.82, 2.24) is 9.97 Å². The molecule has 28 heavy (non-hydrogen) atoms. The van der Waals surface area contributed by atoms with Gasteiger partial charge in [0.2, 0.25) is 0 Å². The van der Waals surface area contributed by atoms with Gasteiger partial charge in [-0.3, -0.25) is 0 Å². The summed E-state index contributed by atoms with van der Waals surface area (Å²) in [5.74, 6) is -1.26. The van der Waals surface area contributed by atoms with Crippen LogP contribution >= 0.6 is 11.8 Å². The van der Waals surface area contributed by atoms with Crippen molar-refractivity contribution in [2.45, 2.75) is 5.16 Å². The zero-order valence-electron chi connectivity index (χ0n) is 15.7. The number of thioether (sulfide) groups is 1. The molecular weight excluding hydrogens is 382 g/mol. The molecule has 0 radical (unpaired) electrons. The van der Waals surface area contributed by atoms with Crippen molar-refractivity contribution in [2.75, 3.05) is 38.7 Å². The quantitative estimate of drug-likeness (QED) is 0.425. The largest absolute Gasteiger partial charge is 0.466 e. The van der Waals surface area contributed by atoms with E-state index in [-0.39, 0.29) is 24.6 Å². The van der Waals surface area contributed by atoms with Gasteiger partial charge in [0.25, 0.3) is 0 Å². The Kier molecular flexibility index (Phi) is 6.27. The molecular formula is C19H19N3O5S. The summed E-state index contributed by atoms with van der Waals surface area (Å²) in [5, 5.41) is 0.685. The minimum atomic E-state index is -0.632. The number of ether oxygens (including phenoxy) is 3. The number of esters is 2. The normalized spacial score (nSPS) is 14.0. The number of benzene rings is 1. The lowest BCUT2D eigenvalue weighted by Gasteiger charge is -2.31. The molecule has 1 aromatic heterocycles. The van der Waals surface area contributed by atoms with Crippen molar-refractivity contribution in [2.24, 2.45) is 0 Å². The molecule has 0 N–H and O–H groups in total. The molecule has 1 aliphatic rings. The Bertz CT molecular complexity index is 914. The summed E-state index contributed by atoms with van der Waals surface area (Å²) in [4.78, 5) is 34.6. The van der Waals surface area contributed by atoms with Gasteiger partial charge in [0.1, 0.15) is 12.4 Å². The summed E-state index contributed by atoms with van der Waals surface area (Å²) >= 11 is 1.47. The Morgan fingerprint density at radius 3 is 2.46 bits per heavy atom. The van der Waals surface area contributed by atoms with Crippen LogP contribution in [-0.4, -0.2) is 55.7 Å². The van der Waals surface area contributed by atoms with Gasteiger partial charge in [0.05, 0.1) is 32.1 Å². The molecule has 9 heteroatoms. The molecule has 8 nitrogen and oxygen atoms in total. The van der Waals surface area contributed by atoms with Crippen molar-refractivity contribution in [3.05, 3.63) is 47.8 Å². The molecule has 0 amide bonds. The van der Waals surface area contributed by atoms with Gasteiger partial charge in [-0.05, 0) is 24.5 Å². The molecule has 0 bridgehead atoms. The third-order valence-electron chi connectivity index (χ3n) is 4.12. The first-order valence-electron chi connectivity index (χ1n) is 8.31. The second-order valence-electron chi connectivity index (χ2n) is 5.69. The summed E-state index contributed by atoms with van der Waals surface area (Å²) in [7, 11) is 2.52. The Hall–Kier alpha value is -2.91. The summed E-state index contributed by atoms with van der Waals surface area (Å²) in [6.07, 6.45) is 3.62. The molecule has 0 fully saturated rings. The Balaban J connectivity index is 1.97. The van der Waals surface area contributed by atoms with E-state index in [1.807, 2.05) is 36.6 Å².